The summed E-state index contributed by atoms with van der Waals surface area (Å²) in [7, 11) is 6.11. The van der Waals surface area contributed by atoms with E-state index in [0.717, 1.165) is 22.5 Å². The fourth-order valence-corrected chi connectivity index (χ4v) is 4.50. The number of fused-ring (bicyclic) bond motifs is 1. The number of hydrogen-bond acceptors (Lipinski definition) is 5. The van der Waals surface area contributed by atoms with Crippen molar-refractivity contribution in [3.63, 3.8) is 0 Å². The van der Waals surface area contributed by atoms with Crippen LogP contribution in [0.1, 0.15) is 21.5 Å². The van der Waals surface area contributed by atoms with Gasteiger partial charge in [0.05, 0.1) is 5.69 Å². The first kappa shape index (κ1) is 22.2. The van der Waals surface area contributed by atoms with Crippen molar-refractivity contribution in [3.05, 3.63) is 99.3 Å². The molecule has 5 aromatic rings. The molecule has 166 valence electrons. The van der Waals surface area contributed by atoms with Gasteiger partial charge in [0.2, 0.25) is 0 Å². The molecule has 0 unspecified atom stereocenters. The average Bonchev–Trinajstić information content (AvgIpc) is 3.52. The summed E-state index contributed by atoms with van der Waals surface area (Å²) in [5, 5.41) is 15.1. The van der Waals surface area contributed by atoms with E-state index in [0.29, 0.717) is 40.5 Å². The molecule has 0 bridgehead atoms. The van der Waals surface area contributed by atoms with Gasteiger partial charge < -0.3 is 10.6 Å². The van der Waals surface area contributed by atoms with Gasteiger partial charge in [-0.2, -0.15) is 21.0 Å². The van der Waals surface area contributed by atoms with E-state index in [1.54, 1.807) is 10.7 Å². The van der Waals surface area contributed by atoms with Crippen molar-refractivity contribution in [1.82, 2.24) is 19.9 Å². The van der Waals surface area contributed by atoms with E-state index >= 15 is 0 Å². The zero-order valence-corrected chi connectivity index (χ0v) is 19.6. The first-order valence-corrected chi connectivity index (χ1v) is 11.9. The molecule has 0 saturated heterocycles. The predicted molar refractivity (Wildman–Crippen MR) is 138 cm³/mol. The second-order valence-corrected chi connectivity index (χ2v) is 8.90. The molecule has 3 heterocycles. The molecule has 0 aliphatic heterocycles. The Hall–Kier alpha value is -3.62. The normalized spacial score (nSPS) is 11.0. The fraction of sp³-hybridized carbons (Fsp3) is 0.0800. The van der Waals surface area contributed by atoms with Crippen molar-refractivity contribution in [2.24, 2.45) is 0 Å². The third kappa shape index (κ3) is 4.69. The van der Waals surface area contributed by atoms with E-state index in [1.165, 1.54) is 11.3 Å². The van der Waals surface area contributed by atoms with Crippen molar-refractivity contribution in [1.29, 1.82) is 0 Å². The summed E-state index contributed by atoms with van der Waals surface area (Å²) < 4.78 is 1.68. The molecular formula is C25H19BClN5OS. The van der Waals surface area contributed by atoms with Crippen LogP contribution in [0.4, 0.5) is 5.82 Å². The van der Waals surface area contributed by atoms with Gasteiger partial charge in [-0.3, -0.25) is 4.79 Å². The first-order chi connectivity index (χ1) is 16.6. The lowest BCUT2D eigenvalue weighted by Gasteiger charge is -2.13. The molecule has 5 rings (SSSR count). The van der Waals surface area contributed by atoms with Crippen molar-refractivity contribution < 1.29 is 4.79 Å². The molecule has 2 N–H and O–H groups in total. The second-order valence-electron chi connectivity index (χ2n) is 7.71. The molecule has 3 aromatic heterocycles. The van der Waals surface area contributed by atoms with Gasteiger partial charge in [0.15, 0.2) is 5.65 Å². The maximum absolute atomic E-state index is 12.2. The summed E-state index contributed by atoms with van der Waals surface area (Å²) in [6, 6.07) is 19.3. The molecular weight excluding hydrogens is 465 g/mol. The van der Waals surface area contributed by atoms with Gasteiger partial charge in [0.25, 0.3) is 5.91 Å². The van der Waals surface area contributed by atoms with Gasteiger partial charge in [-0.25, -0.2) is 4.98 Å². The second kappa shape index (κ2) is 9.71. The standard InChI is InChI=1S/C25H19BClN5OS/c26-20-14-30-32-23(11-22(31-24(20)32)19-6-1-2-7-21(19)27)28-12-16-4-3-5-17(10-16)13-29-25(33)18-8-9-34-15-18/h1-11,14-15,28H,12-13H2,(H,29,33). The third-order valence-electron chi connectivity index (χ3n) is 5.35. The number of halogens is 1. The zero-order valence-electron chi connectivity index (χ0n) is 18.0. The lowest BCUT2D eigenvalue weighted by atomic mass is 10.0. The van der Waals surface area contributed by atoms with Gasteiger partial charge in [-0.05, 0) is 34.1 Å². The Labute approximate surface area is 207 Å². The third-order valence-corrected chi connectivity index (χ3v) is 6.36. The molecule has 34 heavy (non-hydrogen) atoms. The predicted octanol–water partition coefficient (Wildman–Crippen LogP) is 4.45. The summed E-state index contributed by atoms with van der Waals surface area (Å²) >= 11 is 7.91. The largest absolute Gasteiger partial charge is 0.366 e. The average molecular weight is 484 g/mol. The Morgan fingerprint density at radius 2 is 1.88 bits per heavy atom. The number of hydrogen-bond donors (Lipinski definition) is 2. The van der Waals surface area contributed by atoms with Gasteiger partial charge in [0, 0.05) is 46.9 Å². The van der Waals surface area contributed by atoms with Crippen LogP contribution in [0.5, 0.6) is 0 Å². The molecule has 0 aliphatic rings. The lowest BCUT2D eigenvalue weighted by molar-refractivity contribution is 0.0951. The number of benzene rings is 2. The highest BCUT2D eigenvalue weighted by Crippen LogP contribution is 2.28. The molecule has 0 saturated carbocycles. The van der Waals surface area contributed by atoms with E-state index < -0.39 is 0 Å². The fourth-order valence-electron chi connectivity index (χ4n) is 3.63. The van der Waals surface area contributed by atoms with Gasteiger partial charge in [-0.1, -0.05) is 54.1 Å². The summed E-state index contributed by atoms with van der Waals surface area (Å²) in [4.78, 5) is 16.9. The number of carbonyl (C=O) groups is 1. The molecule has 2 radical (unpaired) electrons. The smallest absolute Gasteiger partial charge is 0.252 e. The van der Waals surface area contributed by atoms with Crippen LogP contribution in [0.2, 0.25) is 5.02 Å². The molecule has 1 amide bonds. The Balaban J connectivity index is 1.35. The summed E-state index contributed by atoms with van der Waals surface area (Å²) in [5.41, 5.74) is 5.33. The maximum atomic E-state index is 12.2. The number of nitrogens with one attached hydrogen (secondary N) is 2. The quantitative estimate of drug-likeness (QED) is 0.336. The number of thiophene rings is 1. The molecule has 9 heteroatoms. The van der Waals surface area contributed by atoms with Crippen molar-refractivity contribution in [2.75, 3.05) is 5.32 Å². The van der Waals surface area contributed by atoms with Gasteiger partial charge >= 0.3 is 0 Å². The number of aromatic nitrogens is 3. The number of carbonyl (C=O) groups excluding carboxylic acids is 1. The molecule has 6 nitrogen and oxygen atoms in total. The van der Waals surface area contributed by atoms with Crippen molar-refractivity contribution >= 4 is 53.6 Å². The highest BCUT2D eigenvalue weighted by Gasteiger charge is 2.12. The van der Waals surface area contributed by atoms with Crippen LogP contribution in [-0.4, -0.2) is 28.4 Å². The summed E-state index contributed by atoms with van der Waals surface area (Å²) in [6.45, 7) is 1.00. The Morgan fingerprint density at radius 1 is 1.06 bits per heavy atom. The van der Waals surface area contributed by atoms with Gasteiger partial charge in [0.1, 0.15) is 13.7 Å². The SMILES string of the molecule is [B]c1cnn2c(NCc3cccc(CNC(=O)c4ccsc4)c3)cc(-c3ccccc3Cl)nc12. The van der Waals surface area contributed by atoms with Crippen LogP contribution in [0, 0.1) is 0 Å². The molecule has 2 aromatic carbocycles. The minimum atomic E-state index is -0.0765. The van der Waals surface area contributed by atoms with E-state index in [2.05, 4.69) is 26.8 Å². The number of amides is 1. The van der Waals surface area contributed by atoms with E-state index in [1.807, 2.05) is 65.4 Å². The van der Waals surface area contributed by atoms with Crippen molar-refractivity contribution in [2.45, 2.75) is 13.1 Å². The molecule has 0 atom stereocenters. The molecule has 0 fully saturated rings. The minimum Gasteiger partial charge on any atom is -0.366 e. The Bertz CT molecular complexity index is 1470. The number of rotatable bonds is 7. The van der Waals surface area contributed by atoms with E-state index in [-0.39, 0.29) is 5.91 Å². The van der Waals surface area contributed by atoms with Gasteiger partial charge in [-0.15, -0.1) is 0 Å². The van der Waals surface area contributed by atoms with Crippen LogP contribution in [0.3, 0.4) is 0 Å². The van der Waals surface area contributed by atoms with Crippen LogP contribution < -0.4 is 16.1 Å². The summed E-state index contributed by atoms with van der Waals surface area (Å²) in [5.74, 6) is 0.667. The number of nitrogens with zero attached hydrogens (tertiary/aromatic N) is 3. The molecule has 0 aliphatic carbocycles. The van der Waals surface area contributed by atoms with Crippen LogP contribution in [0.15, 0.2) is 77.6 Å². The zero-order chi connectivity index (χ0) is 23.5. The maximum Gasteiger partial charge on any atom is 0.252 e. The summed E-state index contributed by atoms with van der Waals surface area (Å²) in [6.07, 6.45) is 1.58. The van der Waals surface area contributed by atoms with E-state index in [9.17, 15) is 4.79 Å². The van der Waals surface area contributed by atoms with Crippen LogP contribution >= 0.6 is 22.9 Å². The molecule has 0 spiro atoms. The lowest BCUT2D eigenvalue weighted by Crippen LogP contribution is -2.22. The highest BCUT2D eigenvalue weighted by atomic mass is 35.5. The van der Waals surface area contributed by atoms with E-state index in [4.69, 9.17) is 19.4 Å². The topological polar surface area (TPSA) is 71.3 Å². The van der Waals surface area contributed by atoms with Crippen molar-refractivity contribution in [3.8, 4) is 11.3 Å². The van der Waals surface area contributed by atoms with Crippen LogP contribution in [0.25, 0.3) is 16.9 Å². The monoisotopic (exact) mass is 483 g/mol. The Kier molecular flexibility index (Phi) is 6.34. The Morgan fingerprint density at radius 3 is 2.68 bits per heavy atom. The first-order valence-electron chi connectivity index (χ1n) is 10.6. The van der Waals surface area contributed by atoms with Crippen LogP contribution in [-0.2, 0) is 13.1 Å². The number of anilines is 1. The minimum absolute atomic E-state index is 0.0765. The highest BCUT2D eigenvalue weighted by molar-refractivity contribution is 7.08.